The Balaban J connectivity index is 1.96. The summed E-state index contributed by atoms with van der Waals surface area (Å²) < 4.78 is 0. The van der Waals surface area contributed by atoms with Gasteiger partial charge >= 0.3 is 0 Å². The Morgan fingerprint density at radius 3 is 2.62 bits per heavy atom. The lowest BCUT2D eigenvalue weighted by Crippen LogP contribution is -1.95. The summed E-state index contributed by atoms with van der Waals surface area (Å²) in [5, 5.41) is 0. The Labute approximate surface area is 83.4 Å². The van der Waals surface area contributed by atoms with Gasteiger partial charge in [0.2, 0.25) is 0 Å². The van der Waals surface area contributed by atoms with Gasteiger partial charge in [0.05, 0.1) is 0 Å². The van der Waals surface area contributed by atoms with Crippen LogP contribution in [0.5, 0.6) is 0 Å². The van der Waals surface area contributed by atoms with Gasteiger partial charge in [0.1, 0.15) is 0 Å². The Morgan fingerprint density at radius 1 is 1.23 bits per heavy atom. The molecule has 0 spiro atoms. The molecule has 1 aliphatic rings. The Kier molecular flexibility index (Phi) is 5.19. The van der Waals surface area contributed by atoms with Gasteiger partial charge in [0, 0.05) is 0 Å². The number of rotatable bonds is 6. The van der Waals surface area contributed by atoms with E-state index in [9.17, 15) is 0 Å². The fourth-order valence-corrected chi connectivity index (χ4v) is 2.33. The molecule has 1 rings (SSSR count). The summed E-state index contributed by atoms with van der Waals surface area (Å²) in [7, 11) is 0. The van der Waals surface area contributed by atoms with Crippen molar-refractivity contribution in [1.82, 2.24) is 0 Å². The van der Waals surface area contributed by atoms with Crippen LogP contribution in [-0.4, -0.2) is 0 Å². The van der Waals surface area contributed by atoms with E-state index in [0.717, 1.165) is 5.92 Å². The van der Waals surface area contributed by atoms with Crippen LogP contribution in [0.1, 0.15) is 64.7 Å². The number of hydrogen-bond donors (Lipinski definition) is 0. The molecule has 0 heterocycles. The minimum atomic E-state index is 0.890. The lowest BCUT2D eigenvalue weighted by molar-refractivity contribution is 0.513. The zero-order valence-electron chi connectivity index (χ0n) is 9.15. The van der Waals surface area contributed by atoms with Crippen molar-refractivity contribution in [3.05, 3.63) is 12.2 Å². The van der Waals surface area contributed by atoms with E-state index in [2.05, 4.69) is 13.5 Å². The Bertz CT molecular complexity index is 146. The topological polar surface area (TPSA) is 0 Å². The Hall–Kier alpha value is -0.260. The molecule has 76 valence electrons. The molecule has 0 nitrogen and oxygen atoms in total. The van der Waals surface area contributed by atoms with Crippen LogP contribution in [0, 0.1) is 5.92 Å². The molecule has 1 fully saturated rings. The molecule has 0 amide bonds. The third-order valence-electron chi connectivity index (χ3n) is 3.28. The highest BCUT2D eigenvalue weighted by atomic mass is 14.2. The molecule has 0 aromatic heterocycles. The van der Waals surface area contributed by atoms with Gasteiger partial charge in [-0.2, -0.15) is 0 Å². The van der Waals surface area contributed by atoms with Gasteiger partial charge in [0.25, 0.3) is 0 Å². The van der Waals surface area contributed by atoms with Crippen molar-refractivity contribution in [2.24, 2.45) is 5.92 Å². The van der Waals surface area contributed by atoms with E-state index in [1.54, 1.807) is 0 Å². The minimum Gasteiger partial charge on any atom is -0.0996 e. The fraction of sp³-hybridized carbons (Fsp3) is 0.846. The molecular formula is C13H24. The van der Waals surface area contributed by atoms with Crippen LogP contribution in [0.15, 0.2) is 12.2 Å². The largest absolute Gasteiger partial charge is 0.0996 e. The van der Waals surface area contributed by atoms with Crippen LogP contribution < -0.4 is 0 Å². The van der Waals surface area contributed by atoms with Gasteiger partial charge < -0.3 is 0 Å². The molecule has 1 aliphatic carbocycles. The van der Waals surface area contributed by atoms with Crippen molar-refractivity contribution in [3.63, 3.8) is 0 Å². The minimum absolute atomic E-state index is 0.890. The van der Waals surface area contributed by atoms with Gasteiger partial charge in [-0.25, -0.2) is 0 Å². The van der Waals surface area contributed by atoms with Crippen LogP contribution in [0.2, 0.25) is 0 Å². The highest BCUT2D eigenvalue weighted by Gasteiger charge is 2.17. The van der Waals surface area contributed by atoms with Gasteiger partial charge in [0.15, 0.2) is 0 Å². The molecule has 1 atom stereocenters. The summed E-state index contributed by atoms with van der Waals surface area (Å²) in [6, 6.07) is 0. The van der Waals surface area contributed by atoms with E-state index in [1.807, 2.05) is 0 Å². The molecule has 1 saturated carbocycles. The van der Waals surface area contributed by atoms with Crippen molar-refractivity contribution in [1.29, 1.82) is 0 Å². The molecule has 0 N–H and O–H groups in total. The summed E-state index contributed by atoms with van der Waals surface area (Å²) >= 11 is 0. The first-order valence-electron chi connectivity index (χ1n) is 6.02. The standard InChI is InChI=1S/C13H24/c1-3-4-5-6-7-10-13-11-8-9-12(13)2/h13H,2-11H2,1H3. The van der Waals surface area contributed by atoms with Crippen molar-refractivity contribution < 1.29 is 0 Å². The summed E-state index contributed by atoms with van der Waals surface area (Å²) in [5.41, 5.74) is 1.54. The molecule has 0 saturated heterocycles. The molecule has 0 aliphatic heterocycles. The third kappa shape index (κ3) is 3.97. The van der Waals surface area contributed by atoms with E-state index in [0.29, 0.717) is 0 Å². The molecule has 0 radical (unpaired) electrons. The molecule has 0 bridgehead atoms. The Morgan fingerprint density at radius 2 is 2.00 bits per heavy atom. The fourth-order valence-electron chi connectivity index (χ4n) is 2.33. The maximum Gasteiger partial charge on any atom is -0.0206 e. The maximum atomic E-state index is 4.15. The second-order valence-corrected chi connectivity index (χ2v) is 4.45. The maximum absolute atomic E-state index is 4.15. The van der Waals surface area contributed by atoms with Crippen LogP contribution in [-0.2, 0) is 0 Å². The third-order valence-corrected chi connectivity index (χ3v) is 3.28. The number of hydrogen-bond acceptors (Lipinski definition) is 0. The zero-order valence-corrected chi connectivity index (χ0v) is 9.15. The average molecular weight is 180 g/mol. The van der Waals surface area contributed by atoms with Gasteiger partial charge in [-0.3, -0.25) is 0 Å². The molecule has 13 heavy (non-hydrogen) atoms. The molecular weight excluding hydrogens is 156 g/mol. The lowest BCUT2D eigenvalue weighted by atomic mass is 9.96. The van der Waals surface area contributed by atoms with Crippen molar-refractivity contribution >= 4 is 0 Å². The highest BCUT2D eigenvalue weighted by molar-refractivity contribution is 5.05. The predicted molar refractivity (Wildman–Crippen MR) is 59.9 cm³/mol. The van der Waals surface area contributed by atoms with E-state index in [-0.39, 0.29) is 0 Å². The monoisotopic (exact) mass is 180 g/mol. The average Bonchev–Trinajstić information content (AvgIpc) is 2.52. The highest BCUT2D eigenvalue weighted by Crippen LogP contribution is 2.33. The van der Waals surface area contributed by atoms with Crippen LogP contribution >= 0.6 is 0 Å². The quantitative estimate of drug-likeness (QED) is 0.410. The summed E-state index contributed by atoms with van der Waals surface area (Å²) in [6.45, 7) is 6.43. The first kappa shape index (κ1) is 10.8. The normalized spacial score (nSPS) is 22.5. The molecule has 0 heteroatoms. The smallest absolute Gasteiger partial charge is 0.0206 e. The zero-order chi connectivity index (χ0) is 9.52. The summed E-state index contributed by atoms with van der Waals surface area (Å²) in [6.07, 6.45) is 12.6. The van der Waals surface area contributed by atoms with E-state index < -0.39 is 0 Å². The second kappa shape index (κ2) is 6.23. The van der Waals surface area contributed by atoms with E-state index in [4.69, 9.17) is 0 Å². The lowest BCUT2D eigenvalue weighted by Gasteiger charge is -2.09. The van der Waals surface area contributed by atoms with Crippen LogP contribution in [0.4, 0.5) is 0 Å². The number of unbranched alkanes of at least 4 members (excludes halogenated alkanes) is 4. The van der Waals surface area contributed by atoms with Crippen molar-refractivity contribution in [2.75, 3.05) is 0 Å². The van der Waals surface area contributed by atoms with Crippen LogP contribution in [0.3, 0.4) is 0 Å². The predicted octanol–water partition coefficient (Wildman–Crippen LogP) is 4.70. The van der Waals surface area contributed by atoms with E-state index in [1.165, 1.54) is 63.4 Å². The summed E-state index contributed by atoms with van der Waals surface area (Å²) in [4.78, 5) is 0. The molecule has 1 unspecified atom stereocenters. The van der Waals surface area contributed by atoms with Gasteiger partial charge in [-0.1, -0.05) is 51.2 Å². The SMILES string of the molecule is C=C1CCCC1CCCCCCC. The first-order valence-corrected chi connectivity index (χ1v) is 6.02. The van der Waals surface area contributed by atoms with Gasteiger partial charge in [-0.15, -0.1) is 0 Å². The number of allylic oxidation sites excluding steroid dienone is 1. The van der Waals surface area contributed by atoms with Crippen LogP contribution in [0.25, 0.3) is 0 Å². The first-order chi connectivity index (χ1) is 6.34. The van der Waals surface area contributed by atoms with Gasteiger partial charge in [-0.05, 0) is 31.6 Å². The summed E-state index contributed by atoms with van der Waals surface area (Å²) in [5.74, 6) is 0.890. The van der Waals surface area contributed by atoms with E-state index >= 15 is 0 Å². The molecule has 0 aromatic carbocycles. The van der Waals surface area contributed by atoms with Crippen molar-refractivity contribution in [2.45, 2.75) is 64.7 Å². The second-order valence-electron chi connectivity index (χ2n) is 4.45. The van der Waals surface area contributed by atoms with Crippen molar-refractivity contribution in [3.8, 4) is 0 Å². The molecule has 0 aromatic rings.